The average Bonchev–Trinajstić information content (AvgIpc) is 2.96. The van der Waals surface area contributed by atoms with E-state index in [0.29, 0.717) is 11.3 Å². The SMILES string of the molecule is O=C(O)C1Cc2cc(S(=O)(=O)Nc3ccccc3)c(Cl)c(Cl)c2O1. The summed E-state index contributed by atoms with van der Waals surface area (Å²) in [5.74, 6) is -1.06. The third-order valence-corrected chi connectivity index (χ3v) is 5.83. The van der Waals surface area contributed by atoms with E-state index in [1.165, 1.54) is 6.07 Å². The predicted molar refractivity (Wildman–Crippen MR) is 89.5 cm³/mol. The van der Waals surface area contributed by atoms with Crippen LogP contribution in [0.5, 0.6) is 5.75 Å². The summed E-state index contributed by atoms with van der Waals surface area (Å²) < 4.78 is 32.8. The van der Waals surface area contributed by atoms with Crippen LogP contribution in [0.4, 0.5) is 5.69 Å². The second-order valence-corrected chi connectivity index (χ2v) is 7.52. The number of fused-ring (bicyclic) bond motifs is 1. The van der Waals surface area contributed by atoms with Crippen molar-refractivity contribution in [1.82, 2.24) is 0 Å². The number of halogens is 2. The average molecular weight is 388 g/mol. The number of carboxylic acids is 1. The lowest BCUT2D eigenvalue weighted by Gasteiger charge is -2.12. The van der Waals surface area contributed by atoms with Gasteiger partial charge in [-0.05, 0) is 18.2 Å². The van der Waals surface area contributed by atoms with Gasteiger partial charge in [-0.3, -0.25) is 4.72 Å². The first-order valence-electron chi connectivity index (χ1n) is 6.78. The number of para-hydroxylation sites is 1. The summed E-state index contributed by atoms with van der Waals surface area (Å²) in [4.78, 5) is 10.8. The van der Waals surface area contributed by atoms with Gasteiger partial charge in [0.25, 0.3) is 10.0 Å². The Morgan fingerprint density at radius 2 is 1.88 bits per heavy atom. The third kappa shape index (κ3) is 3.02. The Balaban J connectivity index is 2.02. The van der Waals surface area contributed by atoms with Gasteiger partial charge in [0.15, 0.2) is 6.10 Å². The maximum Gasteiger partial charge on any atom is 0.345 e. The van der Waals surface area contributed by atoms with Gasteiger partial charge in [-0.15, -0.1) is 0 Å². The van der Waals surface area contributed by atoms with Crippen LogP contribution in [-0.4, -0.2) is 25.6 Å². The summed E-state index contributed by atoms with van der Waals surface area (Å²) in [5.41, 5.74) is 0.745. The molecule has 2 aromatic carbocycles. The van der Waals surface area contributed by atoms with E-state index in [-0.39, 0.29) is 27.1 Å². The lowest BCUT2D eigenvalue weighted by atomic mass is 10.1. The lowest BCUT2D eigenvalue weighted by Crippen LogP contribution is -2.24. The van der Waals surface area contributed by atoms with Crippen LogP contribution in [0.2, 0.25) is 10.0 Å². The molecule has 0 bridgehead atoms. The fourth-order valence-corrected chi connectivity index (χ4v) is 4.31. The van der Waals surface area contributed by atoms with Crippen LogP contribution in [0.3, 0.4) is 0 Å². The molecule has 126 valence electrons. The molecule has 6 nitrogen and oxygen atoms in total. The first-order chi connectivity index (χ1) is 11.3. The second kappa shape index (κ2) is 6.16. The van der Waals surface area contributed by atoms with Crippen LogP contribution in [0.15, 0.2) is 41.3 Å². The van der Waals surface area contributed by atoms with E-state index in [1.807, 2.05) is 0 Å². The number of carboxylic acid groups (broad SMARTS) is 1. The molecule has 0 spiro atoms. The van der Waals surface area contributed by atoms with Crippen LogP contribution in [0.1, 0.15) is 5.56 Å². The number of hydrogen-bond donors (Lipinski definition) is 2. The molecule has 2 N–H and O–H groups in total. The summed E-state index contributed by atoms with van der Waals surface area (Å²) >= 11 is 12.2. The fourth-order valence-electron chi connectivity index (χ4n) is 2.35. The van der Waals surface area contributed by atoms with Gasteiger partial charge in [0.2, 0.25) is 0 Å². The van der Waals surface area contributed by atoms with Gasteiger partial charge >= 0.3 is 5.97 Å². The number of rotatable bonds is 4. The number of benzene rings is 2. The molecule has 24 heavy (non-hydrogen) atoms. The van der Waals surface area contributed by atoms with Gasteiger partial charge < -0.3 is 9.84 Å². The molecule has 1 aliphatic rings. The highest BCUT2D eigenvalue weighted by atomic mass is 35.5. The van der Waals surface area contributed by atoms with Gasteiger partial charge in [-0.2, -0.15) is 0 Å². The smallest absolute Gasteiger partial charge is 0.345 e. The quantitative estimate of drug-likeness (QED) is 0.839. The highest BCUT2D eigenvalue weighted by Crippen LogP contribution is 2.44. The minimum Gasteiger partial charge on any atom is -0.478 e. The van der Waals surface area contributed by atoms with E-state index >= 15 is 0 Å². The highest BCUT2D eigenvalue weighted by Gasteiger charge is 2.34. The molecule has 2 aromatic rings. The van der Waals surface area contributed by atoms with Crippen molar-refractivity contribution in [2.45, 2.75) is 17.4 Å². The second-order valence-electron chi connectivity index (χ2n) is 5.11. The number of nitrogens with one attached hydrogen (secondary N) is 1. The Morgan fingerprint density at radius 3 is 2.50 bits per heavy atom. The van der Waals surface area contributed by atoms with Crippen LogP contribution >= 0.6 is 23.2 Å². The van der Waals surface area contributed by atoms with E-state index in [0.717, 1.165) is 0 Å². The molecule has 0 radical (unpaired) electrons. The van der Waals surface area contributed by atoms with Crippen molar-refractivity contribution in [3.05, 3.63) is 52.0 Å². The van der Waals surface area contributed by atoms with Crippen molar-refractivity contribution in [3.63, 3.8) is 0 Å². The Morgan fingerprint density at radius 1 is 1.21 bits per heavy atom. The number of carbonyl (C=O) groups is 1. The Labute approximate surface area is 148 Å². The normalized spacial score (nSPS) is 16.3. The summed E-state index contributed by atoms with van der Waals surface area (Å²) in [6, 6.07) is 9.58. The van der Waals surface area contributed by atoms with E-state index in [9.17, 15) is 13.2 Å². The molecular weight excluding hydrogens is 377 g/mol. The standard InChI is InChI=1S/C15H11Cl2NO5S/c16-12-11(24(21,22)18-9-4-2-1-3-5-9)7-8-6-10(15(19)20)23-14(8)13(12)17/h1-5,7,10,18H,6H2,(H,19,20). The topological polar surface area (TPSA) is 92.7 Å². The number of anilines is 1. The zero-order chi connectivity index (χ0) is 17.5. The van der Waals surface area contributed by atoms with Crippen molar-refractivity contribution in [1.29, 1.82) is 0 Å². The number of ether oxygens (including phenoxy) is 1. The van der Waals surface area contributed by atoms with Crippen molar-refractivity contribution < 1.29 is 23.1 Å². The van der Waals surface area contributed by atoms with Crippen LogP contribution in [0, 0.1) is 0 Å². The van der Waals surface area contributed by atoms with E-state index < -0.39 is 22.1 Å². The van der Waals surface area contributed by atoms with Crippen molar-refractivity contribution in [3.8, 4) is 5.75 Å². The Kier molecular flexibility index (Phi) is 4.33. The lowest BCUT2D eigenvalue weighted by molar-refractivity contribution is -0.144. The maximum absolute atomic E-state index is 12.6. The minimum atomic E-state index is -4.00. The van der Waals surface area contributed by atoms with E-state index in [2.05, 4.69) is 4.72 Å². The molecule has 1 heterocycles. The summed E-state index contributed by atoms with van der Waals surface area (Å²) in [6.07, 6.45) is -1.11. The molecule has 0 saturated heterocycles. The molecule has 3 rings (SSSR count). The molecule has 0 aromatic heterocycles. The number of sulfonamides is 1. The van der Waals surface area contributed by atoms with Gasteiger partial charge in [-0.25, -0.2) is 13.2 Å². The molecular formula is C15H11Cl2NO5S. The Bertz CT molecular complexity index is 915. The van der Waals surface area contributed by atoms with Crippen molar-refractivity contribution >= 4 is 44.9 Å². The molecule has 1 unspecified atom stereocenters. The summed E-state index contributed by atoms with van der Waals surface area (Å²) in [5, 5.41) is 8.70. The monoisotopic (exact) mass is 387 g/mol. The molecule has 1 atom stereocenters. The number of aliphatic carboxylic acids is 1. The minimum absolute atomic E-state index is 0.00934. The zero-order valence-electron chi connectivity index (χ0n) is 12.0. The first-order valence-corrected chi connectivity index (χ1v) is 9.01. The van der Waals surface area contributed by atoms with E-state index in [1.54, 1.807) is 30.3 Å². The van der Waals surface area contributed by atoms with E-state index in [4.69, 9.17) is 33.0 Å². The van der Waals surface area contributed by atoms with Crippen LogP contribution < -0.4 is 9.46 Å². The molecule has 0 fully saturated rings. The van der Waals surface area contributed by atoms with Crippen LogP contribution in [0.25, 0.3) is 0 Å². The molecule has 0 aliphatic carbocycles. The molecule has 0 saturated carbocycles. The highest BCUT2D eigenvalue weighted by molar-refractivity contribution is 7.92. The first kappa shape index (κ1) is 16.9. The largest absolute Gasteiger partial charge is 0.478 e. The van der Waals surface area contributed by atoms with Crippen molar-refractivity contribution in [2.24, 2.45) is 0 Å². The van der Waals surface area contributed by atoms with Gasteiger partial charge in [0.1, 0.15) is 15.7 Å². The molecule has 0 amide bonds. The zero-order valence-corrected chi connectivity index (χ0v) is 14.3. The summed E-state index contributed by atoms with van der Waals surface area (Å²) in [6.45, 7) is 0. The summed E-state index contributed by atoms with van der Waals surface area (Å²) in [7, 11) is -4.00. The van der Waals surface area contributed by atoms with Gasteiger partial charge in [0, 0.05) is 17.7 Å². The van der Waals surface area contributed by atoms with Gasteiger partial charge in [0.05, 0.1) is 5.02 Å². The molecule has 1 aliphatic heterocycles. The predicted octanol–water partition coefficient (Wildman–Crippen LogP) is 3.18. The Hall–Kier alpha value is -1.96. The fraction of sp³-hybridized carbons (Fsp3) is 0.133. The molecule has 9 heteroatoms. The maximum atomic E-state index is 12.6. The number of hydrogen-bond acceptors (Lipinski definition) is 4. The van der Waals surface area contributed by atoms with Gasteiger partial charge in [-0.1, -0.05) is 41.4 Å². The van der Waals surface area contributed by atoms with Crippen molar-refractivity contribution in [2.75, 3.05) is 4.72 Å². The van der Waals surface area contributed by atoms with Crippen LogP contribution in [-0.2, 0) is 21.2 Å². The third-order valence-electron chi connectivity index (χ3n) is 3.46.